The van der Waals surface area contributed by atoms with Gasteiger partial charge in [-0.2, -0.15) is 5.10 Å². The highest BCUT2D eigenvalue weighted by Crippen LogP contribution is 2.39. The average molecular weight is 540 g/mol. The Morgan fingerprint density at radius 3 is 2.62 bits per heavy atom. The molecule has 1 aliphatic heterocycles. The number of halogens is 2. The van der Waals surface area contributed by atoms with Crippen molar-refractivity contribution in [1.29, 1.82) is 0 Å². The average Bonchev–Trinajstić information content (AvgIpc) is 3.52. The number of benzene rings is 3. The van der Waals surface area contributed by atoms with E-state index in [1.807, 2.05) is 78.5 Å². The summed E-state index contributed by atoms with van der Waals surface area (Å²) >= 11 is 6.35. The Balaban J connectivity index is 1.55. The van der Waals surface area contributed by atoms with Gasteiger partial charge in [0, 0.05) is 22.5 Å². The Hall–Kier alpha value is -4.36. The van der Waals surface area contributed by atoms with Crippen LogP contribution in [0.25, 0.3) is 11.5 Å². The third kappa shape index (κ3) is 4.49. The minimum atomic E-state index is -0.557. The van der Waals surface area contributed by atoms with E-state index in [1.165, 1.54) is 12.1 Å². The monoisotopic (exact) mass is 539 g/mol. The van der Waals surface area contributed by atoms with Crippen molar-refractivity contribution in [1.82, 2.24) is 19.2 Å². The lowest BCUT2D eigenvalue weighted by Crippen LogP contribution is -2.38. The molecular weight excluding hydrogens is 513 g/mol. The summed E-state index contributed by atoms with van der Waals surface area (Å²) in [5.41, 5.74) is 5.77. The van der Waals surface area contributed by atoms with Crippen LogP contribution in [0.1, 0.15) is 41.0 Å². The molecule has 196 valence electrons. The van der Waals surface area contributed by atoms with E-state index in [0.29, 0.717) is 22.7 Å². The van der Waals surface area contributed by atoms with Crippen LogP contribution in [-0.4, -0.2) is 25.3 Å². The number of para-hydroxylation sites is 1. The number of carbonyl (C=O) groups excluding carboxylic acids is 1. The Kier molecular flexibility index (Phi) is 6.45. The molecule has 3 aromatic carbocycles. The fraction of sp³-hybridized carbons (Fsp3) is 0.161. The van der Waals surface area contributed by atoms with E-state index >= 15 is 0 Å². The molecule has 8 heteroatoms. The molecule has 0 fully saturated rings. The van der Waals surface area contributed by atoms with Crippen LogP contribution in [0.15, 0.2) is 91.1 Å². The third-order valence-corrected chi connectivity index (χ3v) is 7.56. The summed E-state index contributed by atoms with van der Waals surface area (Å²) in [6.45, 7) is 4.25. The van der Waals surface area contributed by atoms with Crippen molar-refractivity contribution >= 4 is 23.3 Å². The van der Waals surface area contributed by atoms with Gasteiger partial charge in [0.05, 0.1) is 29.7 Å². The highest BCUT2D eigenvalue weighted by atomic mass is 35.5. The van der Waals surface area contributed by atoms with Crippen LogP contribution in [0, 0.1) is 12.7 Å². The molecule has 0 spiro atoms. The lowest BCUT2D eigenvalue weighted by atomic mass is 10.0. The predicted octanol–water partition coefficient (Wildman–Crippen LogP) is 7.46. The summed E-state index contributed by atoms with van der Waals surface area (Å²) in [7, 11) is 0. The fourth-order valence-corrected chi connectivity index (χ4v) is 5.42. The van der Waals surface area contributed by atoms with Crippen LogP contribution in [0.4, 0.5) is 14.9 Å². The van der Waals surface area contributed by atoms with Gasteiger partial charge in [0.15, 0.2) is 0 Å². The summed E-state index contributed by atoms with van der Waals surface area (Å²) < 4.78 is 18.5. The molecule has 1 aliphatic rings. The summed E-state index contributed by atoms with van der Waals surface area (Å²) in [4.78, 5) is 15.8. The molecule has 1 N–H and O–H groups in total. The maximum Gasteiger partial charge on any atom is 0.322 e. The SMILES string of the molecule is CCc1nn(-c2ccccc2)c2c1CN(C(=O)Nc1ccc(C)c(Cl)c1)[C@@H](c1cccc(F)c1)c1cccn1-2. The van der Waals surface area contributed by atoms with Crippen molar-refractivity contribution in [2.75, 3.05) is 5.32 Å². The van der Waals surface area contributed by atoms with Crippen molar-refractivity contribution in [2.24, 2.45) is 0 Å². The number of anilines is 1. The number of carbonyl (C=O) groups is 1. The van der Waals surface area contributed by atoms with E-state index < -0.39 is 6.04 Å². The highest BCUT2D eigenvalue weighted by molar-refractivity contribution is 6.31. The number of amides is 2. The molecule has 0 bridgehead atoms. The standard InChI is InChI=1S/C31H27ClFN5O/c1-3-27-25-19-37(31(39)34-23-15-14-20(2)26(32)18-23)29(21-9-7-10-22(33)17-21)28-13-8-16-36(28)30(25)38(35-27)24-11-5-4-6-12-24/h4-18,29H,3,19H2,1-2H3,(H,34,39)/t29-/m0/s1. The normalized spacial score (nSPS) is 14.5. The van der Waals surface area contributed by atoms with Gasteiger partial charge in [0.25, 0.3) is 0 Å². The van der Waals surface area contributed by atoms with Gasteiger partial charge in [-0.05, 0) is 73.0 Å². The molecule has 0 saturated heterocycles. The second kappa shape index (κ2) is 10.1. The molecule has 6 rings (SSSR count). The summed E-state index contributed by atoms with van der Waals surface area (Å²) in [6, 6.07) is 24.9. The van der Waals surface area contributed by atoms with Gasteiger partial charge in [-0.3, -0.25) is 0 Å². The maximum absolute atomic E-state index is 14.5. The highest BCUT2D eigenvalue weighted by Gasteiger charge is 2.36. The van der Waals surface area contributed by atoms with Gasteiger partial charge in [-0.15, -0.1) is 0 Å². The number of nitrogens with zero attached hydrogens (tertiary/aromatic N) is 4. The Morgan fingerprint density at radius 2 is 1.87 bits per heavy atom. The molecule has 2 amide bonds. The third-order valence-electron chi connectivity index (χ3n) is 7.15. The molecule has 3 heterocycles. The molecule has 1 atom stereocenters. The lowest BCUT2D eigenvalue weighted by molar-refractivity contribution is 0.194. The second-order valence-electron chi connectivity index (χ2n) is 9.63. The van der Waals surface area contributed by atoms with Gasteiger partial charge in [-0.25, -0.2) is 13.9 Å². The molecule has 39 heavy (non-hydrogen) atoms. The van der Waals surface area contributed by atoms with E-state index in [0.717, 1.165) is 34.0 Å². The first-order valence-corrected chi connectivity index (χ1v) is 13.3. The lowest BCUT2D eigenvalue weighted by Gasteiger charge is -2.31. The second-order valence-corrected chi connectivity index (χ2v) is 10.0. The largest absolute Gasteiger partial charge is 0.322 e. The van der Waals surface area contributed by atoms with E-state index in [1.54, 1.807) is 17.0 Å². The molecular formula is C31H27ClFN5O. The van der Waals surface area contributed by atoms with Crippen molar-refractivity contribution in [3.8, 4) is 11.5 Å². The van der Waals surface area contributed by atoms with Crippen LogP contribution < -0.4 is 5.32 Å². The maximum atomic E-state index is 14.5. The summed E-state index contributed by atoms with van der Waals surface area (Å²) in [5.74, 6) is 0.510. The molecule has 0 unspecified atom stereocenters. The molecule has 0 saturated carbocycles. The molecule has 0 aliphatic carbocycles. The van der Waals surface area contributed by atoms with Gasteiger partial charge in [0.2, 0.25) is 0 Å². The number of aromatic nitrogens is 3. The number of rotatable bonds is 4. The number of hydrogen-bond acceptors (Lipinski definition) is 2. The van der Waals surface area contributed by atoms with Crippen LogP contribution in [-0.2, 0) is 13.0 Å². The fourth-order valence-electron chi connectivity index (χ4n) is 5.24. The zero-order valence-corrected chi connectivity index (χ0v) is 22.4. The Morgan fingerprint density at radius 1 is 1.05 bits per heavy atom. The predicted molar refractivity (Wildman–Crippen MR) is 151 cm³/mol. The van der Waals surface area contributed by atoms with E-state index in [-0.39, 0.29) is 18.4 Å². The molecule has 5 aromatic rings. The number of urea groups is 1. The number of nitrogens with one attached hydrogen (secondary N) is 1. The van der Waals surface area contributed by atoms with Gasteiger partial charge < -0.3 is 14.8 Å². The summed E-state index contributed by atoms with van der Waals surface area (Å²) in [6.07, 6.45) is 2.66. The van der Waals surface area contributed by atoms with Crippen LogP contribution >= 0.6 is 11.6 Å². The van der Waals surface area contributed by atoms with E-state index in [4.69, 9.17) is 16.7 Å². The first-order valence-electron chi connectivity index (χ1n) is 12.9. The van der Waals surface area contributed by atoms with E-state index in [9.17, 15) is 9.18 Å². The number of aryl methyl sites for hydroxylation is 2. The van der Waals surface area contributed by atoms with E-state index in [2.05, 4.69) is 16.8 Å². The van der Waals surface area contributed by atoms with Gasteiger partial charge in [0.1, 0.15) is 11.6 Å². The minimum Gasteiger partial charge on any atom is -0.308 e. The van der Waals surface area contributed by atoms with Crippen molar-refractivity contribution in [2.45, 2.75) is 32.9 Å². The number of fused-ring (bicyclic) bond motifs is 3. The zero-order chi connectivity index (χ0) is 27.1. The van der Waals surface area contributed by atoms with Crippen LogP contribution in [0.3, 0.4) is 0 Å². The van der Waals surface area contributed by atoms with Gasteiger partial charge >= 0.3 is 6.03 Å². The molecule has 2 aromatic heterocycles. The van der Waals surface area contributed by atoms with Crippen LogP contribution in [0.2, 0.25) is 5.02 Å². The van der Waals surface area contributed by atoms with Crippen molar-refractivity contribution in [3.05, 3.63) is 130 Å². The molecule has 6 nitrogen and oxygen atoms in total. The Bertz CT molecular complexity index is 1680. The topological polar surface area (TPSA) is 55.1 Å². The zero-order valence-electron chi connectivity index (χ0n) is 21.6. The Labute approximate surface area is 231 Å². The first-order chi connectivity index (χ1) is 18.9. The minimum absolute atomic E-state index is 0.277. The quantitative estimate of drug-likeness (QED) is 0.258. The smallest absolute Gasteiger partial charge is 0.308 e. The number of hydrogen-bond donors (Lipinski definition) is 1. The van der Waals surface area contributed by atoms with Crippen molar-refractivity contribution < 1.29 is 9.18 Å². The van der Waals surface area contributed by atoms with Gasteiger partial charge in [-0.1, -0.05) is 54.9 Å². The first kappa shape index (κ1) is 24.9. The van der Waals surface area contributed by atoms with Crippen LogP contribution in [0.5, 0.6) is 0 Å². The van der Waals surface area contributed by atoms with Crippen molar-refractivity contribution in [3.63, 3.8) is 0 Å². The molecule has 0 radical (unpaired) electrons. The summed E-state index contributed by atoms with van der Waals surface area (Å²) in [5, 5.41) is 8.56.